The van der Waals surface area contributed by atoms with E-state index in [1.165, 1.54) is 0 Å². The van der Waals surface area contributed by atoms with Gasteiger partial charge in [0.2, 0.25) is 0 Å². The van der Waals surface area contributed by atoms with E-state index in [-0.39, 0.29) is 5.92 Å². The van der Waals surface area contributed by atoms with Crippen LogP contribution in [0.4, 0.5) is 0 Å². The molecule has 1 aromatic carbocycles. The third-order valence-electron chi connectivity index (χ3n) is 3.34. The SMILES string of the molecule is C=C(O/C=C\C)C(CCN)c1ccc(-c2cn[nH]c2)cc1. The summed E-state index contributed by atoms with van der Waals surface area (Å²) >= 11 is 0. The maximum absolute atomic E-state index is 5.71. The van der Waals surface area contributed by atoms with Gasteiger partial charge < -0.3 is 10.5 Å². The Hall–Kier alpha value is -2.33. The number of nitrogens with zero attached hydrogens (tertiary/aromatic N) is 1. The molecular weight excluding hydrogens is 262 g/mol. The van der Waals surface area contributed by atoms with E-state index in [0.717, 1.165) is 28.9 Å². The van der Waals surface area contributed by atoms with Gasteiger partial charge in [-0.2, -0.15) is 5.10 Å². The minimum Gasteiger partial charge on any atom is -0.470 e. The van der Waals surface area contributed by atoms with Crippen molar-refractivity contribution in [2.24, 2.45) is 5.73 Å². The lowest BCUT2D eigenvalue weighted by Gasteiger charge is -2.18. The predicted octanol–water partition coefficient (Wildman–Crippen LogP) is 3.57. The minimum absolute atomic E-state index is 0.101. The highest BCUT2D eigenvalue weighted by atomic mass is 16.5. The molecule has 4 nitrogen and oxygen atoms in total. The van der Waals surface area contributed by atoms with Gasteiger partial charge in [-0.05, 0) is 31.0 Å². The highest BCUT2D eigenvalue weighted by molar-refractivity contribution is 5.62. The molecule has 1 heterocycles. The van der Waals surface area contributed by atoms with Gasteiger partial charge in [-0.25, -0.2) is 0 Å². The molecule has 0 aliphatic heterocycles. The van der Waals surface area contributed by atoms with E-state index in [2.05, 4.69) is 41.0 Å². The van der Waals surface area contributed by atoms with Crippen molar-refractivity contribution >= 4 is 0 Å². The molecule has 0 aliphatic carbocycles. The fraction of sp³-hybridized carbons (Fsp3) is 0.235. The molecule has 0 fully saturated rings. The molecule has 2 aromatic rings. The zero-order valence-corrected chi connectivity index (χ0v) is 12.3. The number of hydrogen-bond donors (Lipinski definition) is 2. The molecule has 1 unspecified atom stereocenters. The van der Waals surface area contributed by atoms with E-state index in [1.54, 1.807) is 12.5 Å². The lowest BCUT2D eigenvalue weighted by molar-refractivity contribution is 0.315. The van der Waals surface area contributed by atoms with Crippen LogP contribution in [-0.2, 0) is 4.74 Å². The van der Waals surface area contributed by atoms with Gasteiger partial charge in [0, 0.05) is 17.7 Å². The molecule has 0 spiro atoms. The quantitative estimate of drug-likeness (QED) is 0.763. The summed E-state index contributed by atoms with van der Waals surface area (Å²) in [5, 5.41) is 6.78. The second-order valence-corrected chi connectivity index (χ2v) is 4.79. The van der Waals surface area contributed by atoms with Gasteiger partial charge in [0.25, 0.3) is 0 Å². The molecule has 0 radical (unpaired) electrons. The zero-order chi connectivity index (χ0) is 15.1. The molecule has 0 aliphatic rings. The van der Waals surface area contributed by atoms with Crippen molar-refractivity contribution < 1.29 is 4.74 Å². The molecular formula is C17H21N3O. The van der Waals surface area contributed by atoms with Crippen LogP contribution in [-0.4, -0.2) is 16.7 Å². The molecule has 3 N–H and O–H groups in total. The second-order valence-electron chi connectivity index (χ2n) is 4.79. The van der Waals surface area contributed by atoms with Gasteiger partial charge in [0.1, 0.15) is 5.76 Å². The predicted molar refractivity (Wildman–Crippen MR) is 85.5 cm³/mol. The summed E-state index contributed by atoms with van der Waals surface area (Å²) in [6.07, 6.45) is 7.97. The Morgan fingerprint density at radius 3 is 2.71 bits per heavy atom. The topological polar surface area (TPSA) is 63.9 Å². The summed E-state index contributed by atoms with van der Waals surface area (Å²) in [6.45, 7) is 6.51. The van der Waals surface area contributed by atoms with Crippen LogP contribution in [0.2, 0.25) is 0 Å². The van der Waals surface area contributed by atoms with Gasteiger partial charge in [0.15, 0.2) is 0 Å². The Bertz CT molecular complexity index is 585. The van der Waals surface area contributed by atoms with Crippen molar-refractivity contribution in [2.45, 2.75) is 19.3 Å². The molecule has 2 rings (SSSR count). The summed E-state index contributed by atoms with van der Waals surface area (Å²) in [5.41, 5.74) is 9.06. The molecule has 21 heavy (non-hydrogen) atoms. The number of allylic oxidation sites excluding steroid dienone is 2. The van der Waals surface area contributed by atoms with Crippen molar-refractivity contribution in [1.29, 1.82) is 0 Å². The number of benzene rings is 1. The Labute approximate surface area is 125 Å². The zero-order valence-electron chi connectivity index (χ0n) is 12.3. The molecule has 1 atom stereocenters. The minimum atomic E-state index is 0.101. The first-order chi connectivity index (χ1) is 10.3. The van der Waals surface area contributed by atoms with Crippen molar-refractivity contribution in [2.75, 3.05) is 6.54 Å². The first-order valence-electron chi connectivity index (χ1n) is 7.02. The monoisotopic (exact) mass is 283 g/mol. The average Bonchev–Trinajstić information content (AvgIpc) is 3.05. The number of nitrogens with two attached hydrogens (primary N) is 1. The normalized spacial score (nSPS) is 12.5. The van der Waals surface area contributed by atoms with E-state index >= 15 is 0 Å². The molecule has 0 saturated heterocycles. The Morgan fingerprint density at radius 1 is 1.38 bits per heavy atom. The highest BCUT2D eigenvalue weighted by Crippen LogP contribution is 2.29. The van der Waals surface area contributed by atoms with E-state index in [4.69, 9.17) is 10.5 Å². The molecule has 1 aromatic heterocycles. The van der Waals surface area contributed by atoms with Crippen molar-refractivity contribution in [3.05, 3.63) is 66.9 Å². The van der Waals surface area contributed by atoms with Crippen LogP contribution in [0.5, 0.6) is 0 Å². The Morgan fingerprint density at radius 2 is 2.14 bits per heavy atom. The average molecular weight is 283 g/mol. The van der Waals surface area contributed by atoms with Gasteiger partial charge in [-0.3, -0.25) is 5.10 Å². The maximum atomic E-state index is 5.71. The first kappa shape index (κ1) is 15.1. The summed E-state index contributed by atoms with van der Waals surface area (Å²) in [5.74, 6) is 0.819. The molecule has 0 saturated carbocycles. The standard InChI is InChI=1S/C17H21N3O/c1-3-10-21-13(2)17(8-9-18)15-6-4-14(5-7-15)16-11-19-20-12-16/h3-7,10-12,17H,2,8-9,18H2,1H3,(H,19,20)/b10-3-. The number of aromatic nitrogens is 2. The van der Waals surface area contributed by atoms with Crippen molar-refractivity contribution in [3.8, 4) is 11.1 Å². The number of hydrogen-bond acceptors (Lipinski definition) is 3. The van der Waals surface area contributed by atoms with Crippen molar-refractivity contribution in [1.82, 2.24) is 10.2 Å². The molecule has 0 amide bonds. The lowest BCUT2D eigenvalue weighted by atomic mass is 9.93. The Balaban J connectivity index is 2.18. The summed E-state index contributed by atoms with van der Waals surface area (Å²) in [6, 6.07) is 8.33. The van der Waals surface area contributed by atoms with E-state index in [0.29, 0.717) is 6.54 Å². The highest BCUT2D eigenvalue weighted by Gasteiger charge is 2.15. The van der Waals surface area contributed by atoms with Gasteiger partial charge >= 0.3 is 0 Å². The number of H-pyrrole nitrogens is 1. The van der Waals surface area contributed by atoms with E-state index in [9.17, 15) is 0 Å². The van der Waals surface area contributed by atoms with Crippen LogP contribution in [0.25, 0.3) is 11.1 Å². The lowest BCUT2D eigenvalue weighted by Crippen LogP contribution is -2.10. The van der Waals surface area contributed by atoms with Crippen molar-refractivity contribution in [3.63, 3.8) is 0 Å². The number of rotatable bonds is 7. The van der Waals surface area contributed by atoms with Crippen LogP contribution in [0.1, 0.15) is 24.8 Å². The van der Waals surface area contributed by atoms with Gasteiger partial charge in [-0.1, -0.05) is 36.9 Å². The largest absolute Gasteiger partial charge is 0.470 e. The van der Waals surface area contributed by atoms with Crippen LogP contribution in [0, 0.1) is 0 Å². The number of ether oxygens (including phenoxy) is 1. The van der Waals surface area contributed by atoms with E-state index < -0.39 is 0 Å². The van der Waals surface area contributed by atoms with Gasteiger partial charge in [-0.15, -0.1) is 0 Å². The fourth-order valence-corrected chi connectivity index (χ4v) is 2.23. The smallest absolute Gasteiger partial charge is 0.103 e. The van der Waals surface area contributed by atoms with E-state index in [1.807, 2.05) is 19.2 Å². The molecule has 110 valence electrons. The maximum Gasteiger partial charge on any atom is 0.103 e. The first-order valence-corrected chi connectivity index (χ1v) is 7.02. The third-order valence-corrected chi connectivity index (χ3v) is 3.34. The summed E-state index contributed by atoms with van der Waals surface area (Å²) < 4.78 is 5.52. The molecule has 0 bridgehead atoms. The second kappa shape index (κ2) is 7.45. The number of nitrogens with one attached hydrogen (secondary N) is 1. The fourth-order valence-electron chi connectivity index (χ4n) is 2.23. The summed E-state index contributed by atoms with van der Waals surface area (Å²) in [7, 11) is 0. The van der Waals surface area contributed by atoms with Crippen LogP contribution in [0.15, 0.2) is 61.3 Å². The Kier molecular flexibility index (Phi) is 5.35. The molecule has 4 heteroatoms. The van der Waals surface area contributed by atoms with Crippen LogP contribution >= 0.6 is 0 Å². The van der Waals surface area contributed by atoms with Crippen LogP contribution in [0.3, 0.4) is 0 Å². The summed E-state index contributed by atoms with van der Waals surface area (Å²) in [4.78, 5) is 0. The third kappa shape index (κ3) is 3.83. The van der Waals surface area contributed by atoms with Crippen LogP contribution < -0.4 is 5.73 Å². The van der Waals surface area contributed by atoms with Gasteiger partial charge in [0.05, 0.1) is 12.5 Å². The number of aromatic amines is 1.